The molecule has 168 valence electrons. The van der Waals surface area contributed by atoms with Gasteiger partial charge in [0.25, 0.3) is 5.89 Å². The lowest BCUT2D eigenvalue weighted by Crippen LogP contribution is -2.15. The molecule has 0 unspecified atom stereocenters. The Balaban J connectivity index is 1.33. The largest absolute Gasteiger partial charge is 0.495 e. The van der Waals surface area contributed by atoms with Crippen LogP contribution in [0, 0.1) is 6.92 Å². The summed E-state index contributed by atoms with van der Waals surface area (Å²) in [5.74, 6) is -0.289. The van der Waals surface area contributed by atoms with Gasteiger partial charge in [-0.2, -0.15) is 14.9 Å². The van der Waals surface area contributed by atoms with E-state index < -0.39 is 5.97 Å². The van der Waals surface area contributed by atoms with Crippen molar-refractivity contribution >= 4 is 17.6 Å². The molecule has 0 atom stereocenters. The molecule has 2 heterocycles. The van der Waals surface area contributed by atoms with Gasteiger partial charge in [0.05, 0.1) is 30.6 Å². The van der Waals surface area contributed by atoms with Gasteiger partial charge in [0.15, 0.2) is 18.1 Å². The van der Waals surface area contributed by atoms with E-state index in [1.165, 1.54) is 11.9 Å². The number of rotatable bonds is 8. The lowest BCUT2D eigenvalue weighted by molar-refractivity contribution is -0.115. The number of ether oxygens (including phenoxy) is 2. The fourth-order valence-corrected chi connectivity index (χ4v) is 2.95. The second-order valence-corrected chi connectivity index (χ2v) is 6.86. The summed E-state index contributed by atoms with van der Waals surface area (Å²) in [6.07, 6.45) is -0.125. The minimum absolute atomic E-state index is 0.0524. The van der Waals surface area contributed by atoms with Gasteiger partial charge in [-0.05, 0) is 31.2 Å². The van der Waals surface area contributed by atoms with E-state index in [2.05, 4.69) is 25.7 Å². The van der Waals surface area contributed by atoms with Gasteiger partial charge in [0.1, 0.15) is 5.75 Å². The molecule has 0 aliphatic rings. The molecule has 0 bridgehead atoms. The van der Waals surface area contributed by atoms with Crippen LogP contribution in [0.4, 0.5) is 5.69 Å². The zero-order valence-corrected chi connectivity index (χ0v) is 17.9. The maximum Gasteiger partial charge on any atom is 0.361 e. The summed E-state index contributed by atoms with van der Waals surface area (Å²) in [6, 6.07) is 16.2. The van der Waals surface area contributed by atoms with Gasteiger partial charge in [-0.15, -0.1) is 5.10 Å². The smallest absolute Gasteiger partial charge is 0.361 e. The number of anilines is 1. The predicted octanol–water partition coefficient (Wildman–Crippen LogP) is 2.51. The van der Waals surface area contributed by atoms with Crippen LogP contribution in [0.5, 0.6) is 5.75 Å². The Hall–Kier alpha value is -4.54. The average Bonchev–Trinajstić information content (AvgIpc) is 3.44. The van der Waals surface area contributed by atoms with Crippen molar-refractivity contribution in [3.63, 3.8) is 0 Å². The fourth-order valence-electron chi connectivity index (χ4n) is 2.95. The molecule has 0 radical (unpaired) electrons. The molecule has 2 aromatic heterocycles. The summed E-state index contributed by atoms with van der Waals surface area (Å²) in [5, 5.41) is 14.9. The zero-order chi connectivity index (χ0) is 23.2. The summed E-state index contributed by atoms with van der Waals surface area (Å²) in [5.41, 5.74) is 1.74. The lowest BCUT2D eigenvalue weighted by Gasteiger charge is -2.08. The van der Waals surface area contributed by atoms with Crippen molar-refractivity contribution in [3.8, 4) is 11.4 Å². The van der Waals surface area contributed by atoms with Crippen molar-refractivity contribution < 1.29 is 23.6 Å². The topological polar surface area (TPSA) is 134 Å². The van der Waals surface area contributed by atoms with Gasteiger partial charge < -0.3 is 19.3 Å². The molecule has 0 saturated carbocycles. The normalized spacial score (nSPS) is 10.6. The van der Waals surface area contributed by atoms with Crippen LogP contribution in [0.2, 0.25) is 0 Å². The first kappa shape index (κ1) is 21.7. The van der Waals surface area contributed by atoms with Crippen LogP contribution in [0.3, 0.4) is 0 Å². The minimum atomic E-state index is -0.677. The van der Waals surface area contributed by atoms with Gasteiger partial charge in [-0.3, -0.25) is 4.79 Å². The Labute approximate surface area is 188 Å². The summed E-state index contributed by atoms with van der Waals surface area (Å²) in [7, 11) is 1.52. The first-order valence-electron chi connectivity index (χ1n) is 9.94. The number of nitrogens with zero attached hydrogens (tertiary/aromatic N) is 5. The number of aryl methyl sites for hydroxylation is 1. The number of hydrogen-bond acceptors (Lipinski definition) is 9. The molecule has 2 aromatic carbocycles. The third-order valence-electron chi connectivity index (χ3n) is 4.50. The standard InChI is InChI=1S/C22H20N6O5/c1-14-21(26-28(25-14)15-8-4-3-5-9-15)22(30)32-13-20-24-18(27-33-20)12-19(29)23-16-10-6-7-11-17(16)31-2/h3-11H,12-13H2,1-2H3,(H,23,29). The fraction of sp³-hybridized carbons (Fsp3) is 0.182. The quantitative estimate of drug-likeness (QED) is 0.403. The SMILES string of the molecule is COc1ccccc1NC(=O)Cc1noc(COC(=O)c2nn(-c3ccccc3)nc2C)n1. The van der Waals surface area contributed by atoms with Crippen molar-refractivity contribution in [1.82, 2.24) is 25.1 Å². The van der Waals surface area contributed by atoms with E-state index >= 15 is 0 Å². The number of carbonyl (C=O) groups excluding carboxylic acids is 2. The van der Waals surface area contributed by atoms with Gasteiger partial charge in [0, 0.05) is 0 Å². The molecule has 0 aliphatic heterocycles. The Morgan fingerprint density at radius 1 is 1.06 bits per heavy atom. The van der Waals surface area contributed by atoms with Crippen molar-refractivity contribution in [2.45, 2.75) is 20.0 Å². The van der Waals surface area contributed by atoms with E-state index in [0.717, 1.165) is 0 Å². The molecule has 0 spiro atoms. The van der Waals surface area contributed by atoms with E-state index in [9.17, 15) is 9.59 Å². The molecule has 1 N–H and O–H groups in total. The zero-order valence-electron chi connectivity index (χ0n) is 17.9. The van der Waals surface area contributed by atoms with Crippen LogP contribution >= 0.6 is 0 Å². The van der Waals surface area contributed by atoms with Crippen LogP contribution in [-0.2, 0) is 22.6 Å². The highest BCUT2D eigenvalue weighted by Gasteiger charge is 2.20. The maximum atomic E-state index is 12.4. The van der Waals surface area contributed by atoms with E-state index in [1.54, 1.807) is 31.2 Å². The molecule has 4 rings (SSSR count). The van der Waals surface area contributed by atoms with E-state index in [1.807, 2.05) is 30.3 Å². The molecule has 11 heteroatoms. The number of carbonyl (C=O) groups is 2. The summed E-state index contributed by atoms with van der Waals surface area (Å²) >= 11 is 0. The Bertz CT molecular complexity index is 1270. The highest BCUT2D eigenvalue weighted by Crippen LogP contribution is 2.23. The third-order valence-corrected chi connectivity index (χ3v) is 4.50. The van der Waals surface area contributed by atoms with Crippen LogP contribution in [0.25, 0.3) is 5.69 Å². The summed E-state index contributed by atoms with van der Waals surface area (Å²) in [4.78, 5) is 30.1. The summed E-state index contributed by atoms with van der Waals surface area (Å²) < 4.78 is 15.5. The van der Waals surface area contributed by atoms with Gasteiger partial charge in [0.2, 0.25) is 5.91 Å². The highest BCUT2D eigenvalue weighted by molar-refractivity contribution is 5.93. The molecule has 33 heavy (non-hydrogen) atoms. The van der Waals surface area contributed by atoms with E-state index in [-0.39, 0.29) is 36.3 Å². The number of methoxy groups -OCH3 is 1. The second-order valence-electron chi connectivity index (χ2n) is 6.86. The highest BCUT2D eigenvalue weighted by atomic mass is 16.6. The second kappa shape index (κ2) is 9.73. The monoisotopic (exact) mass is 448 g/mol. The van der Waals surface area contributed by atoms with Crippen LogP contribution < -0.4 is 10.1 Å². The molecule has 0 aliphatic carbocycles. The Kier molecular flexibility index (Phi) is 6.39. The Morgan fingerprint density at radius 3 is 2.61 bits per heavy atom. The predicted molar refractivity (Wildman–Crippen MR) is 115 cm³/mol. The number of para-hydroxylation sites is 3. The average molecular weight is 448 g/mol. The molecule has 1 amide bonds. The molecule has 4 aromatic rings. The first-order valence-corrected chi connectivity index (χ1v) is 9.94. The van der Waals surface area contributed by atoms with E-state index in [4.69, 9.17) is 14.0 Å². The number of hydrogen-bond donors (Lipinski definition) is 1. The van der Waals surface area contributed by atoms with Crippen molar-refractivity contribution in [1.29, 1.82) is 0 Å². The number of aromatic nitrogens is 5. The Morgan fingerprint density at radius 2 is 1.82 bits per heavy atom. The molecular weight excluding hydrogens is 428 g/mol. The van der Waals surface area contributed by atoms with Crippen molar-refractivity contribution in [3.05, 3.63) is 77.7 Å². The number of nitrogens with one attached hydrogen (secondary N) is 1. The number of esters is 1. The van der Waals surface area contributed by atoms with Gasteiger partial charge >= 0.3 is 5.97 Å². The molecule has 11 nitrogen and oxygen atoms in total. The van der Waals surface area contributed by atoms with E-state index in [0.29, 0.717) is 22.8 Å². The van der Waals surface area contributed by atoms with Crippen molar-refractivity contribution in [2.75, 3.05) is 12.4 Å². The van der Waals surface area contributed by atoms with Gasteiger partial charge in [-0.1, -0.05) is 35.5 Å². The molecule has 0 saturated heterocycles. The van der Waals surface area contributed by atoms with Crippen LogP contribution in [-0.4, -0.2) is 44.1 Å². The van der Waals surface area contributed by atoms with Crippen LogP contribution in [0.1, 0.15) is 27.9 Å². The van der Waals surface area contributed by atoms with Crippen molar-refractivity contribution in [2.24, 2.45) is 0 Å². The number of amides is 1. The maximum absolute atomic E-state index is 12.4. The first-order chi connectivity index (χ1) is 16.0. The number of benzene rings is 2. The summed E-state index contributed by atoms with van der Waals surface area (Å²) in [6.45, 7) is 1.39. The molecule has 0 fully saturated rings. The lowest BCUT2D eigenvalue weighted by atomic mass is 10.2. The minimum Gasteiger partial charge on any atom is -0.495 e. The third kappa shape index (κ3) is 5.21. The molecular formula is C22H20N6O5. The van der Waals surface area contributed by atoms with Gasteiger partial charge in [-0.25, -0.2) is 4.79 Å². The van der Waals surface area contributed by atoms with Crippen LogP contribution in [0.15, 0.2) is 59.1 Å².